The van der Waals surface area contributed by atoms with Gasteiger partial charge in [0.05, 0.1) is 35.9 Å². The van der Waals surface area contributed by atoms with Gasteiger partial charge in [-0.3, -0.25) is 4.68 Å². The lowest BCUT2D eigenvalue weighted by Crippen LogP contribution is -2.42. The van der Waals surface area contributed by atoms with Crippen LogP contribution in [-0.2, 0) is 11.8 Å². The van der Waals surface area contributed by atoms with E-state index in [0.29, 0.717) is 35.6 Å². The number of carbonyl (C=O) groups is 1. The van der Waals surface area contributed by atoms with E-state index in [1.165, 1.54) is 11.1 Å². The molecule has 1 aliphatic heterocycles. The molecule has 0 spiro atoms. The standard InChI is InChI=1S/C21H26ClFN6O3/c1-21(2,3)32-20(30)28-7-5-6-17(15(23)11-28)31-19-18-14(22)9-25-29(18)12-16(26-19)13-8-24-27(4)10-13/h8-10,12,15,17H,5-7,11H2,1-4H3/t15-,17+/m1/s1. The van der Waals surface area contributed by atoms with Gasteiger partial charge in [0.1, 0.15) is 17.2 Å². The van der Waals surface area contributed by atoms with Gasteiger partial charge in [-0.1, -0.05) is 11.6 Å². The summed E-state index contributed by atoms with van der Waals surface area (Å²) in [5.74, 6) is 0.187. The summed E-state index contributed by atoms with van der Waals surface area (Å²) in [6.45, 7) is 5.61. The summed E-state index contributed by atoms with van der Waals surface area (Å²) in [6, 6.07) is 0. The average Bonchev–Trinajstić information content (AvgIpc) is 3.25. The normalized spacial score (nSPS) is 19.8. The van der Waals surface area contributed by atoms with Crippen LogP contribution in [0.5, 0.6) is 5.88 Å². The van der Waals surface area contributed by atoms with Crippen LogP contribution in [0.3, 0.4) is 0 Å². The van der Waals surface area contributed by atoms with E-state index in [0.717, 1.165) is 5.56 Å². The molecule has 0 aromatic carbocycles. The summed E-state index contributed by atoms with van der Waals surface area (Å²) < 4.78 is 29.9. The van der Waals surface area contributed by atoms with Crippen LogP contribution >= 0.6 is 11.6 Å². The third kappa shape index (κ3) is 4.79. The van der Waals surface area contributed by atoms with Crippen molar-refractivity contribution < 1.29 is 18.7 Å². The number of aromatic nitrogens is 5. The lowest BCUT2D eigenvalue weighted by atomic mass is 10.1. The monoisotopic (exact) mass is 464 g/mol. The molecule has 11 heteroatoms. The molecule has 3 aromatic heterocycles. The second-order valence-corrected chi connectivity index (χ2v) is 9.27. The van der Waals surface area contributed by atoms with Crippen LogP contribution in [0.1, 0.15) is 33.6 Å². The minimum absolute atomic E-state index is 0.120. The number of fused-ring (bicyclic) bond motifs is 1. The molecule has 0 radical (unpaired) electrons. The molecule has 2 atom stereocenters. The van der Waals surface area contributed by atoms with Crippen molar-refractivity contribution in [1.82, 2.24) is 29.3 Å². The lowest BCUT2D eigenvalue weighted by Gasteiger charge is -2.27. The molecular weight excluding hydrogens is 439 g/mol. The highest BCUT2D eigenvalue weighted by molar-refractivity contribution is 6.34. The van der Waals surface area contributed by atoms with Crippen molar-refractivity contribution in [3.8, 4) is 17.1 Å². The average molecular weight is 465 g/mol. The summed E-state index contributed by atoms with van der Waals surface area (Å²) in [5, 5.41) is 8.77. The first-order valence-corrected chi connectivity index (χ1v) is 10.8. The van der Waals surface area contributed by atoms with Gasteiger partial charge in [-0.25, -0.2) is 18.7 Å². The quantitative estimate of drug-likeness (QED) is 0.584. The van der Waals surface area contributed by atoms with E-state index < -0.39 is 24.0 Å². The fourth-order valence-corrected chi connectivity index (χ4v) is 3.78. The Bertz CT molecular complexity index is 1120. The van der Waals surface area contributed by atoms with E-state index in [1.54, 1.807) is 49.4 Å². The molecule has 1 aliphatic rings. The largest absolute Gasteiger partial charge is 0.470 e. The number of ether oxygens (including phenoxy) is 2. The Labute approximate surface area is 190 Å². The third-order valence-corrected chi connectivity index (χ3v) is 5.33. The van der Waals surface area contributed by atoms with Crippen LogP contribution in [0.4, 0.5) is 9.18 Å². The highest BCUT2D eigenvalue weighted by atomic mass is 35.5. The molecule has 9 nitrogen and oxygen atoms in total. The zero-order valence-corrected chi connectivity index (χ0v) is 19.2. The summed E-state index contributed by atoms with van der Waals surface area (Å²) in [5.41, 5.74) is 1.14. The molecule has 4 heterocycles. The Morgan fingerprint density at radius 2 is 2.03 bits per heavy atom. The van der Waals surface area contributed by atoms with E-state index >= 15 is 4.39 Å². The molecule has 3 aromatic rings. The predicted octanol–water partition coefficient (Wildman–Crippen LogP) is 3.90. The van der Waals surface area contributed by atoms with Crippen molar-refractivity contribution in [2.75, 3.05) is 13.1 Å². The number of rotatable bonds is 3. The van der Waals surface area contributed by atoms with E-state index in [9.17, 15) is 4.79 Å². The van der Waals surface area contributed by atoms with Crippen molar-refractivity contribution in [1.29, 1.82) is 0 Å². The minimum Gasteiger partial charge on any atom is -0.470 e. The van der Waals surface area contributed by atoms with Gasteiger partial charge in [-0.15, -0.1) is 0 Å². The van der Waals surface area contributed by atoms with Crippen LogP contribution < -0.4 is 4.74 Å². The smallest absolute Gasteiger partial charge is 0.410 e. The van der Waals surface area contributed by atoms with Gasteiger partial charge < -0.3 is 14.4 Å². The number of nitrogens with zero attached hydrogens (tertiary/aromatic N) is 6. The molecule has 4 rings (SSSR count). The SMILES string of the molecule is Cn1cc(-c2cn3ncc(Cl)c3c(O[C@H]3CCCN(C(=O)OC(C)(C)C)C[C@H]3F)n2)cn1. The zero-order chi connectivity index (χ0) is 23.0. The molecule has 1 saturated heterocycles. The summed E-state index contributed by atoms with van der Waals surface area (Å²) in [6.07, 6.45) is 4.92. The minimum atomic E-state index is -1.42. The molecule has 0 saturated carbocycles. The Morgan fingerprint density at radius 1 is 1.25 bits per heavy atom. The van der Waals surface area contributed by atoms with Crippen molar-refractivity contribution in [3.63, 3.8) is 0 Å². The molecule has 0 unspecified atom stereocenters. The number of halogens is 2. The van der Waals surface area contributed by atoms with Gasteiger partial charge in [0.25, 0.3) is 0 Å². The first-order chi connectivity index (χ1) is 15.1. The van der Waals surface area contributed by atoms with Crippen LogP contribution in [0.25, 0.3) is 16.8 Å². The molecule has 172 valence electrons. The first-order valence-electron chi connectivity index (χ1n) is 10.4. The number of hydrogen-bond donors (Lipinski definition) is 0. The number of amides is 1. The molecule has 32 heavy (non-hydrogen) atoms. The Kier molecular flexibility index (Phi) is 5.98. The Hall–Kier alpha value is -2.88. The second kappa shape index (κ2) is 8.57. The maximum absolute atomic E-state index is 15.2. The molecule has 0 N–H and O–H groups in total. The van der Waals surface area contributed by atoms with E-state index in [1.807, 2.05) is 6.20 Å². The predicted molar refractivity (Wildman–Crippen MR) is 117 cm³/mol. The van der Waals surface area contributed by atoms with Crippen LogP contribution in [0, 0.1) is 0 Å². The topological polar surface area (TPSA) is 86.8 Å². The van der Waals surface area contributed by atoms with Crippen LogP contribution in [0.2, 0.25) is 5.02 Å². The van der Waals surface area contributed by atoms with Crippen LogP contribution in [0.15, 0.2) is 24.8 Å². The highest BCUT2D eigenvalue weighted by Crippen LogP contribution is 2.31. The van der Waals surface area contributed by atoms with Gasteiger partial charge >= 0.3 is 6.09 Å². The van der Waals surface area contributed by atoms with Crippen molar-refractivity contribution >= 4 is 23.2 Å². The third-order valence-electron chi connectivity index (χ3n) is 5.05. The fourth-order valence-electron chi connectivity index (χ4n) is 3.57. The molecule has 1 amide bonds. The van der Waals surface area contributed by atoms with Gasteiger partial charge in [-0.2, -0.15) is 10.2 Å². The summed E-state index contributed by atoms with van der Waals surface area (Å²) in [7, 11) is 1.81. The van der Waals surface area contributed by atoms with Crippen molar-refractivity contribution in [2.24, 2.45) is 7.05 Å². The first kappa shape index (κ1) is 22.3. The van der Waals surface area contributed by atoms with E-state index in [2.05, 4.69) is 15.2 Å². The van der Waals surface area contributed by atoms with Gasteiger partial charge in [0.15, 0.2) is 6.17 Å². The molecular formula is C21H26ClFN6O3. The maximum Gasteiger partial charge on any atom is 0.410 e. The summed E-state index contributed by atoms with van der Waals surface area (Å²) in [4.78, 5) is 18.4. The number of aryl methyl sites for hydroxylation is 1. The van der Waals surface area contributed by atoms with E-state index in [4.69, 9.17) is 21.1 Å². The Balaban J connectivity index is 1.59. The van der Waals surface area contributed by atoms with Crippen LogP contribution in [-0.4, -0.2) is 66.3 Å². The number of carbonyl (C=O) groups excluding carboxylic acids is 1. The van der Waals surface area contributed by atoms with Gasteiger partial charge in [-0.05, 0) is 33.6 Å². The second-order valence-electron chi connectivity index (χ2n) is 8.86. The zero-order valence-electron chi connectivity index (χ0n) is 18.5. The maximum atomic E-state index is 15.2. The number of hydrogen-bond acceptors (Lipinski definition) is 6. The molecule has 0 aliphatic carbocycles. The van der Waals surface area contributed by atoms with E-state index in [-0.39, 0.29) is 12.4 Å². The summed E-state index contributed by atoms with van der Waals surface area (Å²) >= 11 is 6.31. The van der Waals surface area contributed by atoms with Crippen molar-refractivity contribution in [2.45, 2.75) is 51.5 Å². The Morgan fingerprint density at radius 3 is 2.72 bits per heavy atom. The van der Waals surface area contributed by atoms with Gasteiger partial charge in [0.2, 0.25) is 5.88 Å². The van der Waals surface area contributed by atoms with Crippen molar-refractivity contribution in [3.05, 3.63) is 29.8 Å². The molecule has 0 bridgehead atoms. The lowest BCUT2D eigenvalue weighted by molar-refractivity contribution is 0.0178. The fraction of sp³-hybridized carbons (Fsp3) is 0.524. The molecule has 1 fully saturated rings. The highest BCUT2D eigenvalue weighted by Gasteiger charge is 2.33. The number of alkyl halides is 1. The number of likely N-dealkylation sites (tertiary alicyclic amines) is 1. The van der Waals surface area contributed by atoms with Gasteiger partial charge in [0, 0.05) is 25.4 Å².